The number of carbonyl (C=O) groups is 1. The highest BCUT2D eigenvalue weighted by Crippen LogP contribution is 2.07. The van der Waals surface area contributed by atoms with Crippen LogP contribution in [0.25, 0.3) is 0 Å². The number of nitrogens with zero attached hydrogens (tertiary/aromatic N) is 2. The van der Waals surface area contributed by atoms with Gasteiger partial charge in [0.1, 0.15) is 0 Å². The van der Waals surface area contributed by atoms with E-state index in [0.717, 1.165) is 26.2 Å². The molecule has 1 fully saturated rings. The van der Waals surface area contributed by atoms with Crippen molar-refractivity contribution in [3.05, 3.63) is 0 Å². The minimum atomic E-state index is 0.279. The molecule has 0 atom stereocenters. The van der Waals surface area contributed by atoms with Crippen LogP contribution in [0.4, 0.5) is 0 Å². The van der Waals surface area contributed by atoms with Gasteiger partial charge in [0.15, 0.2) is 0 Å². The van der Waals surface area contributed by atoms with Gasteiger partial charge < -0.3 is 10.2 Å². The van der Waals surface area contributed by atoms with Gasteiger partial charge in [-0.3, -0.25) is 9.69 Å². The lowest BCUT2D eigenvalue weighted by molar-refractivity contribution is -0.131. The Morgan fingerprint density at radius 1 is 1.43 bits per heavy atom. The lowest BCUT2D eigenvalue weighted by Gasteiger charge is -2.20. The topological polar surface area (TPSA) is 35.6 Å². The highest BCUT2D eigenvalue weighted by atomic mass is 16.2. The highest BCUT2D eigenvalue weighted by Gasteiger charge is 2.18. The average Bonchev–Trinajstić information content (AvgIpc) is 2.67. The van der Waals surface area contributed by atoms with Crippen molar-refractivity contribution in [1.29, 1.82) is 0 Å². The van der Waals surface area contributed by atoms with E-state index in [1.54, 1.807) is 0 Å². The predicted octanol–water partition coefficient (Wildman–Crippen LogP) is -0.240. The molecule has 1 amide bonds. The maximum Gasteiger partial charge on any atom is 0.236 e. The molecule has 0 aromatic heterocycles. The summed E-state index contributed by atoms with van der Waals surface area (Å²) < 4.78 is 0. The zero-order chi connectivity index (χ0) is 10.4. The molecule has 0 radical (unpaired) electrons. The first-order valence-electron chi connectivity index (χ1n) is 5.35. The Balaban J connectivity index is 2.18. The van der Waals surface area contributed by atoms with Crippen LogP contribution >= 0.6 is 0 Å². The second-order valence-corrected chi connectivity index (χ2v) is 3.93. The van der Waals surface area contributed by atoms with E-state index in [9.17, 15) is 4.79 Å². The first-order valence-corrected chi connectivity index (χ1v) is 5.35. The largest absolute Gasteiger partial charge is 0.342 e. The zero-order valence-electron chi connectivity index (χ0n) is 9.25. The molecular weight excluding hydrogens is 178 g/mol. The Hall–Kier alpha value is -0.610. The third-order valence-electron chi connectivity index (χ3n) is 2.61. The summed E-state index contributed by atoms with van der Waals surface area (Å²) in [6, 6.07) is 0. The van der Waals surface area contributed by atoms with Crippen molar-refractivity contribution >= 4 is 5.91 Å². The summed E-state index contributed by atoms with van der Waals surface area (Å²) in [5, 5.41) is 3.07. The van der Waals surface area contributed by atoms with E-state index in [-0.39, 0.29) is 5.91 Å². The maximum absolute atomic E-state index is 11.7. The van der Waals surface area contributed by atoms with E-state index in [2.05, 4.69) is 10.2 Å². The van der Waals surface area contributed by atoms with E-state index >= 15 is 0 Å². The van der Waals surface area contributed by atoms with Crippen LogP contribution in [0.3, 0.4) is 0 Å². The fourth-order valence-corrected chi connectivity index (χ4v) is 1.68. The lowest BCUT2D eigenvalue weighted by Crippen LogP contribution is -2.39. The van der Waals surface area contributed by atoms with E-state index < -0.39 is 0 Å². The molecule has 1 N–H and O–H groups in total. The molecule has 1 aliphatic rings. The number of likely N-dealkylation sites (N-methyl/N-ethyl adjacent to an activating group) is 2. The minimum Gasteiger partial charge on any atom is -0.342 e. The summed E-state index contributed by atoms with van der Waals surface area (Å²) in [4.78, 5) is 15.7. The molecule has 0 saturated carbocycles. The number of rotatable bonds is 5. The molecule has 0 aliphatic carbocycles. The molecule has 4 heteroatoms. The SMILES string of the molecule is CNCCN(C)CC(=O)N1CCCC1. The van der Waals surface area contributed by atoms with Gasteiger partial charge >= 0.3 is 0 Å². The smallest absolute Gasteiger partial charge is 0.236 e. The van der Waals surface area contributed by atoms with E-state index in [4.69, 9.17) is 0 Å². The molecule has 1 aliphatic heterocycles. The summed E-state index contributed by atoms with van der Waals surface area (Å²) in [6.07, 6.45) is 2.35. The van der Waals surface area contributed by atoms with Crippen molar-refractivity contribution in [2.45, 2.75) is 12.8 Å². The number of carbonyl (C=O) groups excluding carboxylic acids is 1. The Morgan fingerprint density at radius 2 is 2.07 bits per heavy atom. The fraction of sp³-hybridized carbons (Fsp3) is 0.900. The fourth-order valence-electron chi connectivity index (χ4n) is 1.68. The van der Waals surface area contributed by atoms with Gasteiger partial charge in [0.2, 0.25) is 5.91 Å². The number of amides is 1. The lowest BCUT2D eigenvalue weighted by atomic mass is 10.4. The van der Waals surface area contributed by atoms with Crippen molar-refractivity contribution in [3.8, 4) is 0 Å². The third-order valence-corrected chi connectivity index (χ3v) is 2.61. The molecule has 14 heavy (non-hydrogen) atoms. The standard InChI is InChI=1S/C10H21N3O/c1-11-5-8-12(2)9-10(14)13-6-3-4-7-13/h11H,3-9H2,1-2H3. The van der Waals surface area contributed by atoms with Gasteiger partial charge in [0, 0.05) is 26.2 Å². The zero-order valence-corrected chi connectivity index (χ0v) is 9.25. The summed E-state index contributed by atoms with van der Waals surface area (Å²) in [7, 11) is 3.92. The molecule has 0 spiro atoms. The molecule has 4 nitrogen and oxygen atoms in total. The predicted molar refractivity (Wildman–Crippen MR) is 57.2 cm³/mol. The van der Waals surface area contributed by atoms with E-state index in [0.29, 0.717) is 6.54 Å². The number of hydrogen-bond acceptors (Lipinski definition) is 3. The number of hydrogen-bond donors (Lipinski definition) is 1. The van der Waals surface area contributed by atoms with Gasteiger partial charge in [-0.15, -0.1) is 0 Å². The van der Waals surface area contributed by atoms with Crippen LogP contribution in [-0.2, 0) is 4.79 Å². The monoisotopic (exact) mass is 199 g/mol. The number of nitrogens with one attached hydrogen (secondary N) is 1. The van der Waals surface area contributed by atoms with Crippen LogP contribution in [0, 0.1) is 0 Å². The van der Waals surface area contributed by atoms with Crippen molar-refractivity contribution in [3.63, 3.8) is 0 Å². The summed E-state index contributed by atoms with van der Waals surface area (Å²) in [5.74, 6) is 0.279. The third kappa shape index (κ3) is 3.64. The quantitative estimate of drug-likeness (QED) is 0.664. The van der Waals surface area contributed by atoms with Crippen LogP contribution in [-0.4, -0.2) is 62.5 Å². The molecule has 0 aromatic rings. The van der Waals surface area contributed by atoms with Crippen molar-refractivity contribution in [1.82, 2.24) is 15.1 Å². The van der Waals surface area contributed by atoms with Gasteiger partial charge in [-0.05, 0) is 26.9 Å². The Bertz CT molecular complexity index is 178. The molecule has 1 heterocycles. The Labute approximate surface area is 86.2 Å². The van der Waals surface area contributed by atoms with Gasteiger partial charge in [-0.1, -0.05) is 0 Å². The van der Waals surface area contributed by atoms with E-state index in [1.165, 1.54) is 12.8 Å². The average molecular weight is 199 g/mol. The summed E-state index contributed by atoms with van der Waals surface area (Å²) in [6.45, 7) is 4.33. The van der Waals surface area contributed by atoms with Crippen LogP contribution in [0.5, 0.6) is 0 Å². The van der Waals surface area contributed by atoms with Crippen LogP contribution in [0.2, 0.25) is 0 Å². The molecule has 1 rings (SSSR count). The highest BCUT2D eigenvalue weighted by molar-refractivity contribution is 5.78. The van der Waals surface area contributed by atoms with Crippen LogP contribution < -0.4 is 5.32 Å². The molecule has 1 saturated heterocycles. The van der Waals surface area contributed by atoms with Crippen molar-refractivity contribution in [2.75, 3.05) is 46.8 Å². The van der Waals surface area contributed by atoms with Gasteiger partial charge in [-0.2, -0.15) is 0 Å². The maximum atomic E-state index is 11.7. The summed E-state index contributed by atoms with van der Waals surface area (Å²) in [5.41, 5.74) is 0. The molecule has 0 bridgehead atoms. The molecule has 0 unspecified atom stereocenters. The molecular formula is C10H21N3O. The Morgan fingerprint density at radius 3 is 2.64 bits per heavy atom. The Kier molecular flexibility index (Phi) is 4.90. The summed E-state index contributed by atoms with van der Waals surface area (Å²) >= 11 is 0. The van der Waals surface area contributed by atoms with Crippen molar-refractivity contribution < 1.29 is 4.79 Å². The van der Waals surface area contributed by atoms with Crippen LogP contribution in [0.1, 0.15) is 12.8 Å². The minimum absolute atomic E-state index is 0.279. The second-order valence-electron chi connectivity index (χ2n) is 3.93. The van der Waals surface area contributed by atoms with Gasteiger partial charge in [0.05, 0.1) is 6.54 Å². The van der Waals surface area contributed by atoms with Crippen LogP contribution in [0.15, 0.2) is 0 Å². The molecule has 82 valence electrons. The second kappa shape index (κ2) is 5.98. The van der Waals surface area contributed by atoms with Crippen molar-refractivity contribution in [2.24, 2.45) is 0 Å². The van der Waals surface area contributed by atoms with E-state index in [1.807, 2.05) is 19.0 Å². The van der Waals surface area contributed by atoms with Gasteiger partial charge in [-0.25, -0.2) is 0 Å². The number of likely N-dealkylation sites (tertiary alicyclic amines) is 1. The molecule has 0 aromatic carbocycles. The first-order chi connectivity index (χ1) is 6.74. The normalized spacial score (nSPS) is 16.6. The van der Waals surface area contributed by atoms with Gasteiger partial charge in [0.25, 0.3) is 0 Å². The first kappa shape index (κ1) is 11.5.